The van der Waals surface area contributed by atoms with E-state index >= 15 is 0 Å². The Labute approximate surface area is 183 Å². The molecule has 30 heavy (non-hydrogen) atoms. The molecule has 4 rings (SSSR count). The first-order chi connectivity index (χ1) is 14.6. The van der Waals surface area contributed by atoms with Crippen LogP contribution in [0.15, 0.2) is 75.3 Å². The Bertz CT molecular complexity index is 1160. The molecule has 0 unspecified atom stereocenters. The number of benzene rings is 2. The predicted molar refractivity (Wildman–Crippen MR) is 119 cm³/mol. The zero-order valence-corrected chi connectivity index (χ0v) is 18.2. The largest absolute Gasteiger partial charge is 0.337 e. The maximum Gasteiger partial charge on any atom is 0.191 e. The molecule has 1 aliphatic rings. The van der Waals surface area contributed by atoms with Gasteiger partial charge in [-0.25, -0.2) is 0 Å². The first-order valence-corrected chi connectivity index (χ1v) is 11.1. The van der Waals surface area contributed by atoms with Gasteiger partial charge in [-0.05, 0) is 24.6 Å². The lowest BCUT2D eigenvalue weighted by molar-refractivity contribution is -0.112. The summed E-state index contributed by atoms with van der Waals surface area (Å²) in [4.78, 5) is 15.9. The summed E-state index contributed by atoms with van der Waals surface area (Å²) in [5, 5.41) is 19.4. The second-order valence-corrected chi connectivity index (χ2v) is 8.71. The van der Waals surface area contributed by atoms with Gasteiger partial charge in [0.1, 0.15) is 22.5 Å². The third-order valence-corrected chi connectivity index (χ3v) is 6.96. The van der Waals surface area contributed by atoms with Gasteiger partial charge in [-0.3, -0.25) is 4.79 Å². The summed E-state index contributed by atoms with van der Waals surface area (Å²) in [6.07, 6.45) is 0. The number of ketones is 1. The van der Waals surface area contributed by atoms with Crippen molar-refractivity contribution in [1.29, 1.82) is 5.26 Å². The Morgan fingerprint density at radius 1 is 1.13 bits per heavy atom. The molecule has 0 atom stereocenters. The number of nitrogens with zero attached hydrogens (tertiary/aromatic N) is 5. The number of hydrogen-bond acceptors (Lipinski definition) is 7. The van der Waals surface area contributed by atoms with Gasteiger partial charge in [-0.2, -0.15) is 5.26 Å². The van der Waals surface area contributed by atoms with Gasteiger partial charge in [-0.1, -0.05) is 66.0 Å². The molecule has 0 spiro atoms. The second-order valence-electron chi connectivity index (χ2n) is 6.73. The molecule has 0 amide bonds. The Balaban J connectivity index is 1.51. The molecule has 8 heteroatoms. The molecule has 0 saturated heterocycles. The molecule has 0 saturated carbocycles. The van der Waals surface area contributed by atoms with Crippen molar-refractivity contribution in [1.82, 2.24) is 14.8 Å². The summed E-state index contributed by atoms with van der Waals surface area (Å²) in [5.74, 6) is 0.704. The second kappa shape index (κ2) is 8.78. The van der Waals surface area contributed by atoms with Crippen LogP contribution in [-0.4, -0.2) is 33.3 Å². The number of nitriles is 1. The number of hydrogen-bond donors (Lipinski definition) is 0. The molecule has 0 radical (unpaired) electrons. The summed E-state index contributed by atoms with van der Waals surface area (Å²) in [6.45, 7) is 2.53. The van der Waals surface area contributed by atoms with E-state index in [9.17, 15) is 10.1 Å². The summed E-state index contributed by atoms with van der Waals surface area (Å²) in [5.41, 5.74) is 2.32. The van der Waals surface area contributed by atoms with E-state index in [-0.39, 0.29) is 17.1 Å². The molecule has 2 heterocycles. The van der Waals surface area contributed by atoms with Gasteiger partial charge in [-0.15, -0.1) is 10.2 Å². The number of aromatic nitrogens is 3. The Morgan fingerprint density at radius 3 is 2.60 bits per heavy atom. The average Bonchev–Trinajstić information content (AvgIpc) is 3.28. The van der Waals surface area contributed by atoms with Gasteiger partial charge in [0, 0.05) is 11.9 Å². The van der Waals surface area contributed by atoms with Crippen molar-refractivity contribution in [2.75, 3.05) is 17.7 Å². The van der Waals surface area contributed by atoms with Gasteiger partial charge in [0.05, 0.1) is 18.0 Å². The molecule has 6 nitrogen and oxygen atoms in total. The van der Waals surface area contributed by atoms with Crippen molar-refractivity contribution < 1.29 is 4.79 Å². The quantitative estimate of drug-likeness (QED) is 0.326. The minimum Gasteiger partial charge on any atom is -0.337 e. The molecule has 0 aliphatic carbocycles. The number of fused-ring (bicyclic) bond motifs is 1. The first-order valence-electron chi connectivity index (χ1n) is 9.33. The van der Waals surface area contributed by atoms with E-state index in [0.717, 1.165) is 22.0 Å². The fourth-order valence-corrected chi connectivity index (χ4v) is 5.19. The molecule has 1 aromatic heterocycles. The third kappa shape index (κ3) is 3.99. The number of rotatable bonds is 6. The van der Waals surface area contributed by atoms with Crippen LogP contribution in [0.25, 0.3) is 0 Å². The van der Waals surface area contributed by atoms with Crippen LogP contribution < -0.4 is 4.90 Å². The first kappa shape index (κ1) is 20.3. The molecule has 2 aromatic carbocycles. The fraction of sp³-hybridized carbons (Fsp3) is 0.182. The number of carbonyl (C=O) groups is 1. The maximum atomic E-state index is 12.9. The normalized spacial score (nSPS) is 14.4. The van der Waals surface area contributed by atoms with Crippen molar-refractivity contribution in [3.8, 4) is 6.07 Å². The molecule has 1 aliphatic heterocycles. The minimum absolute atomic E-state index is 0.129. The molecular formula is C22H19N5OS2. The van der Waals surface area contributed by atoms with E-state index in [2.05, 4.69) is 16.3 Å². The van der Waals surface area contributed by atoms with Crippen molar-refractivity contribution in [3.63, 3.8) is 0 Å². The van der Waals surface area contributed by atoms with Crippen LogP contribution in [0.2, 0.25) is 0 Å². The zero-order chi connectivity index (χ0) is 21.1. The lowest BCUT2D eigenvalue weighted by Gasteiger charge is -2.14. The van der Waals surface area contributed by atoms with Crippen LogP contribution in [0.3, 0.4) is 0 Å². The molecule has 0 bridgehead atoms. The van der Waals surface area contributed by atoms with Crippen LogP contribution >= 0.6 is 23.5 Å². The topological polar surface area (TPSA) is 74.8 Å². The van der Waals surface area contributed by atoms with E-state index in [1.165, 1.54) is 23.5 Å². The SMILES string of the molecule is Cc1nnc(SCC(=O)C(C#N)=C2Sc3ccccc3N2C)n1Cc1ccccc1. The van der Waals surface area contributed by atoms with Gasteiger partial charge < -0.3 is 9.47 Å². The minimum atomic E-state index is -0.212. The van der Waals surface area contributed by atoms with Gasteiger partial charge in [0.15, 0.2) is 10.9 Å². The number of thioether (sulfide) groups is 2. The number of Topliss-reactive ketones (excluding diaryl/α,β-unsaturated/α-hetero) is 1. The summed E-state index contributed by atoms with van der Waals surface area (Å²) < 4.78 is 1.98. The maximum absolute atomic E-state index is 12.9. The summed E-state index contributed by atoms with van der Waals surface area (Å²) in [7, 11) is 1.88. The highest BCUT2D eigenvalue weighted by molar-refractivity contribution is 8.03. The number of carbonyl (C=O) groups excluding carboxylic acids is 1. The lowest BCUT2D eigenvalue weighted by Crippen LogP contribution is -2.16. The Kier molecular flexibility index (Phi) is 5.93. The highest BCUT2D eigenvalue weighted by Gasteiger charge is 2.28. The monoisotopic (exact) mass is 433 g/mol. The number of anilines is 1. The lowest BCUT2D eigenvalue weighted by atomic mass is 10.2. The van der Waals surface area contributed by atoms with Gasteiger partial charge >= 0.3 is 0 Å². The van der Waals surface area contributed by atoms with Crippen molar-refractivity contribution >= 4 is 35.0 Å². The molecule has 0 N–H and O–H groups in total. The number of para-hydroxylation sites is 1. The molecule has 150 valence electrons. The molecule has 0 fully saturated rings. The van der Waals surface area contributed by atoms with E-state index in [4.69, 9.17) is 0 Å². The third-order valence-electron chi connectivity index (χ3n) is 4.76. The summed E-state index contributed by atoms with van der Waals surface area (Å²) in [6, 6.07) is 20.0. The van der Waals surface area contributed by atoms with Crippen molar-refractivity contribution in [2.45, 2.75) is 23.5 Å². The van der Waals surface area contributed by atoms with E-state index in [0.29, 0.717) is 16.7 Å². The molecule has 3 aromatic rings. The van der Waals surface area contributed by atoms with Crippen LogP contribution in [0, 0.1) is 18.3 Å². The van der Waals surface area contributed by atoms with E-state index in [1.54, 1.807) is 0 Å². The standard InChI is InChI=1S/C22H19N5OS2/c1-15-24-25-22(27(15)13-16-8-4-3-5-9-16)29-14-19(28)17(12-23)21-26(2)18-10-6-7-11-20(18)30-21/h3-11H,13-14H2,1-2H3. The Morgan fingerprint density at radius 2 is 1.87 bits per heavy atom. The van der Waals surface area contributed by atoms with Crippen LogP contribution in [0.4, 0.5) is 5.69 Å². The number of allylic oxidation sites excluding steroid dienone is 1. The van der Waals surface area contributed by atoms with Gasteiger partial charge in [0.2, 0.25) is 0 Å². The van der Waals surface area contributed by atoms with Crippen LogP contribution in [0.1, 0.15) is 11.4 Å². The smallest absolute Gasteiger partial charge is 0.191 e. The highest BCUT2D eigenvalue weighted by Crippen LogP contribution is 2.46. The van der Waals surface area contributed by atoms with Crippen molar-refractivity contribution in [3.05, 3.63) is 76.6 Å². The average molecular weight is 434 g/mol. The van der Waals surface area contributed by atoms with E-state index in [1.807, 2.05) is 78.0 Å². The van der Waals surface area contributed by atoms with Crippen molar-refractivity contribution in [2.24, 2.45) is 0 Å². The number of aryl methyl sites for hydroxylation is 1. The van der Waals surface area contributed by atoms with E-state index < -0.39 is 0 Å². The highest BCUT2D eigenvalue weighted by atomic mass is 32.2. The zero-order valence-electron chi connectivity index (χ0n) is 16.6. The Hall–Kier alpha value is -3.02. The van der Waals surface area contributed by atoms with Gasteiger partial charge in [0.25, 0.3) is 0 Å². The molecular weight excluding hydrogens is 414 g/mol. The van der Waals surface area contributed by atoms with Crippen LogP contribution in [-0.2, 0) is 11.3 Å². The fourth-order valence-electron chi connectivity index (χ4n) is 3.17. The predicted octanol–water partition coefficient (Wildman–Crippen LogP) is 4.27. The summed E-state index contributed by atoms with van der Waals surface area (Å²) >= 11 is 2.77. The van der Waals surface area contributed by atoms with Crippen LogP contribution in [0.5, 0.6) is 0 Å².